The molecule has 1 saturated heterocycles. The van der Waals surface area contributed by atoms with Crippen molar-refractivity contribution in [3.8, 4) is 0 Å². The molecule has 5 nitrogen and oxygen atoms in total. The van der Waals surface area contributed by atoms with Gasteiger partial charge < -0.3 is 14.6 Å². The first kappa shape index (κ1) is 17.6. The lowest BCUT2D eigenvalue weighted by Crippen LogP contribution is -2.35. The van der Waals surface area contributed by atoms with Gasteiger partial charge in [0.05, 0.1) is 5.60 Å². The predicted molar refractivity (Wildman–Crippen MR) is 90.0 cm³/mol. The molecule has 0 bridgehead atoms. The number of hydrogen-bond donors (Lipinski definition) is 2. The zero-order valence-corrected chi connectivity index (χ0v) is 14.2. The number of hydrogen-bond acceptors (Lipinski definition) is 4. The van der Waals surface area contributed by atoms with Gasteiger partial charge in [0.1, 0.15) is 11.6 Å². The summed E-state index contributed by atoms with van der Waals surface area (Å²) in [6.45, 7) is 3.67. The number of nitrogens with zero attached hydrogens (tertiary/aromatic N) is 1. The molecule has 0 radical (unpaired) electrons. The Kier molecular flexibility index (Phi) is 4.92. The van der Waals surface area contributed by atoms with Crippen molar-refractivity contribution < 1.29 is 23.8 Å². The number of aryl methyl sites for hydroxylation is 1. The summed E-state index contributed by atoms with van der Waals surface area (Å²) in [5.74, 6) is -0.737. The Hall–Kier alpha value is -2.18. The van der Waals surface area contributed by atoms with E-state index in [-0.39, 0.29) is 11.6 Å². The molecule has 1 aromatic heterocycles. The third kappa shape index (κ3) is 4.08. The van der Waals surface area contributed by atoms with Crippen LogP contribution in [-0.2, 0) is 19.4 Å². The van der Waals surface area contributed by atoms with Crippen molar-refractivity contribution in [3.05, 3.63) is 58.8 Å². The van der Waals surface area contributed by atoms with Crippen molar-refractivity contribution >= 4 is 5.97 Å². The zero-order valence-electron chi connectivity index (χ0n) is 14.2. The van der Waals surface area contributed by atoms with Crippen molar-refractivity contribution in [1.82, 2.24) is 4.90 Å². The highest BCUT2D eigenvalue weighted by Crippen LogP contribution is 2.28. The maximum Gasteiger partial charge on any atom is 0.371 e. The van der Waals surface area contributed by atoms with Gasteiger partial charge >= 0.3 is 5.97 Å². The molecule has 6 heteroatoms. The van der Waals surface area contributed by atoms with E-state index in [1.807, 2.05) is 6.92 Å². The molecule has 1 atom stereocenters. The fourth-order valence-electron chi connectivity index (χ4n) is 3.45. The summed E-state index contributed by atoms with van der Waals surface area (Å²) in [5, 5.41) is 19.9. The van der Waals surface area contributed by atoms with E-state index in [0.29, 0.717) is 44.7 Å². The van der Waals surface area contributed by atoms with E-state index in [0.717, 1.165) is 11.1 Å². The highest BCUT2D eigenvalue weighted by molar-refractivity contribution is 5.84. The van der Waals surface area contributed by atoms with Gasteiger partial charge in [0, 0.05) is 38.0 Å². The molecule has 0 amide bonds. The van der Waals surface area contributed by atoms with E-state index < -0.39 is 11.6 Å². The normalized spacial score (nSPS) is 20.9. The van der Waals surface area contributed by atoms with E-state index in [2.05, 4.69) is 4.90 Å². The molecule has 0 spiro atoms. The second-order valence-electron chi connectivity index (χ2n) is 6.71. The van der Waals surface area contributed by atoms with Crippen molar-refractivity contribution in [3.63, 3.8) is 0 Å². The number of β-amino-alcohol motifs (C(OH)–C–C–N with tert-alkyl or cyclic N) is 1. The Morgan fingerprint density at radius 1 is 1.36 bits per heavy atom. The van der Waals surface area contributed by atoms with Crippen LogP contribution in [0.4, 0.5) is 4.39 Å². The Bertz CT molecular complexity index is 755. The fourth-order valence-corrected chi connectivity index (χ4v) is 3.45. The smallest absolute Gasteiger partial charge is 0.371 e. The van der Waals surface area contributed by atoms with Crippen LogP contribution in [0.2, 0.25) is 0 Å². The van der Waals surface area contributed by atoms with E-state index in [1.165, 1.54) is 12.1 Å². The van der Waals surface area contributed by atoms with E-state index in [9.17, 15) is 14.3 Å². The highest BCUT2D eigenvalue weighted by atomic mass is 19.1. The lowest BCUT2D eigenvalue weighted by Gasteiger charge is -2.23. The van der Waals surface area contributed by atoms with Crippen LogP contribution in [0.15, 0.2) is 34.7 Å². The summed E-state index contributed by atoms with van der Waals surface area (Å²) in [4.78, 5) is 13.2. The standard InChI is InChI=1S/C19H22FNO4/c1-2-16-14(9-17(25-16)18(22)23)11-21-8-7-19(24,12-21)10-13-3-5-15(20)6-4-13/h3-6,9,24H,2,7-8,10-12H2,1H3,(H,22,23)/t19-/m1/s1. The molecule has 2 aromatic rings. The number of carboxylic acids is 1. The molecule has 0 unspecified atom stereocenters. The average Bonchev–Trinajstić information content (AvgIpc) is 3.14. The number of carboxylic acid groups (broad SMARTS) is 1. The second kappa shape index (κ2) is 6.98. The Balaban J connectivity index is 1.66. The number of carbonyl (C=O) groups is 1. The first-order chi connectivity index (χ1) is 11.9. The first-order valence-corrected chi connectivity index (χ1v) is 8.42. The highest BCUT2D eigenvalue weighted by Gasteiger charge is 2.36. The minimum atomic E-state index is -1.07. The summed E-state index contributed by atoms with van der Waals surface area (Å²) in [6, 6.07) is 7.76. The number of benzene rings is 1. The maximum absolute atomic E-state index is 13.0. The van der Waals surface area contributed by atoms with Crippen molar-refractivity contribution in [2.45, 2.75) is 38.3 Å². The quantitative estimate of drug-likeness (QED) is 0.840. The molecule has 1 aliphatic heterocycles. The van der Waals surface area contributed by atoms with E-state index >= 15 is 0 Å². The summed E-state index contributed by atoms with van der Waals surface area (Å²) < 4.78 is 18.4. The molecule has 0 aliphatic carbocycles. The van der Waals surface area contributed by atoms with Crippen LogP contribution in [0.5, 0.6) is 0 Å². The molecule has 25 heavy (non-hydrogen) atoms. The minimum Gasteiger partial charge on any atom is -0.475 e. The predicted octanol–water partition coefficient (Wildman–Crippen LogP) is 2.86. The molecule has 2 heterocycles. The van der Waals surface area contributed by atoms with Crippen LogP contribution in [0.25, 0.3) is 0 Å². The third-order valence-corrected chi connectivity index (χ3v) is 4.68. The molecule has 2 N–H and O–H groups in total. The maximum atomic E-state index is 13.0. The van der Waals surface area contributed by atoms with Crippen molar-refractivity contribution in [2.24, 2.45) is 0 Å². The fraction of sp³-hybridized carbons (Fsp3) is 0.421. The van der Waals surface area contributed by atoms with Crippen molar-refractivity contribution in [2.75, 3.05) is 13.1 Å². The molecule has 1 fully saturated rings. The van der Waals surface area contributed by atoms with Crippen LogP contribution in [0, 0.1) is 5.82 Å². The van der Waals surface area contributed by atoms with Gasteiger partial charge in [-0.25, -0.2) is 9.18 Å². The van der Waals surface area contributed by atoms with Crippen LogP contribution in [0.3, 0.4) is 0 Å². The summed E-state index contributed by atoms with van der Waals surface area (Å²) in [7, 11) is 0. The van der Waals surface area contributed by atoms with Gasteiger partial charge in [0.15, 0.2) is 0 Å². The molecule has 3 rings (SSSR count). The summed E-state index contributed by atoms with van der Waals surface area (Å²) >= 11 is 0. The largest absolute Gasteiger partial charge is 0.475 e. The van der Waals surface area contributed by atoms with Crippen LogP contribution in [0.1, 0.15) is 40.8 Å². The lowest BCUT2D eigenvalue weighted by atomic mass is 9.94. The first-order valence-electron chi connectivity index (χ1n) is 8.42. The van der Waals surface area contributed by atoms with E-state index in [4.69, 9.17) is 9.52 Å². The van der Waals surface area contributed by atoms with Crippen LogP contribution < -0.4 is 0 Å². The number of rotatable bonds is 6. The number of furan rings is 1. The molecule has 1 aliphatic rings. The van der Waals surface area contributed by atoms with E-state index in [1.54, 1.807) is 18.2 Å². The molecule has 134 valence electrons. The van der Waals surface area contributed by atoms with Crippen LogP contribution in [-0.4, -0.2) is 39.8 Å². The minimum absolute atomic E-state index is 0.0485. The van der Waals surface area contributed by atoms with Gasteiger partial charge in [-0.1, -0.05) is 19.1 Å². The number of aliphatic hydroxyl groups is 1. The SMILES string of the molecule is CCc1oc(C(=O)O)cc1CN1CC[C@@](O)(Cc2ccc(F)cc2)C1. The number of halogens is 1. The third-order valence-electron chi connectivity index (χ3n) is 4.68. The number of aromatic carboxylic acids is 1. The van der Waals surface area contributed by atoms with Gasteiger partial charge in [-0.2, -0.15) is 0 Å². The average molecular weight is 347 g/mol. The molecule has 1 aromatic carbocycles. The van der Waals surface area contributed by atoms with Crippen LogP contribution >= 0.6 is 0 Å². The molecule has 0 saturated carbocycles. The Morgan fingerprint density at radius 3 is 2.72 bits per heavy atom. The van der Waals surface area contributed by atoms with Gasteiger partial charge in [-0.3, -0.25) is 4.90 Å². The zero-order chi connectivity index (χ0) is 18.0. The monoisotopic (exact) mass is 347 g/mol. The molecular weight excluding hydrogens is 325 g/mol. The Morgan fingerprint density at radius 2 is 2.08 bits per heavy atom. The van der Waals surface area contributed by atoms with Gasteiger partial charge in [0.2, 0.25) is 5.76 Å². The topological polar surface area (TPSA) is 73.9 Å². The second-order valence-corrected chi connectivity index (χ2v) is 6.71. The Labute approximate surface area is 145 Å². The van der Waals surface area contributed by atoms with Gasteiger partial charge in [0.25, 0.3) is 0 Å². The lowest BCUT2D eigenvalue weighted by molar-refractivity contribution is 0.0487. The van der Waals surface area contributed by atoms with Crippen molar-refractivity contribution in [1.29, 1.82) is 0 Å². The molecular formula is C19H22FNO4. The summed E-state index contributed by atoms with van der Waals surface area (Å²) in [5.41, 5.74) is 0.895. The summed E-state index contributed by atoms with van der Waals surface area (Å²) in [6.07, 6.45) is 1.71. The number of likely N-dealkylation sites (tertiary alicyclic amines) is 1. The van der Waals surface area contributed by atoms with Gasteiger partial charge in [-0.05, 0) is 30.2 Å². The van der Waals surface area contributed by atoms with Gasteiger partial charge in [-0.15, -0.1) is 0 Å².